The number of aromatic nitrogens is 2. The summed E-state index contributed by atoms with van der Waals surface area (Å²) in [5, 5.41) is 10.0. The van der Waals surface area contributed by atoms with Crippen LogP contribution in [0.5, 0.6) is 0 Å². The van der Waals surface area contributed by atoms with Crippen molar-refractivity contribution in [1.29, 1.82) is 0 Å². The summed E-state index contributed by atoms with van der Waals surface area (Å²) in [6.45, 7) is 5.20. The highest BCUT2D eigenvalue weighted by atomic mass is 16.5. The number of amides is 2. The molecule has 0 fully saturated rings. The van der Waals surface area contributed by atoms with E-state index in [1.54, 1.807) is 11.7 Å². The average Bonchev–Trinajstić information content (AvgIpc) is 2.88. The van der Waals surface area contributed by atoms with Crippen molar-refractivity contribution in [2.75, 3.05) is 18.5 Å². The van der Waals surface area contributed by atoms with Gasteiger partial charge in [-0.2, -0.15) is 5.10 Å². The highest BCUT2D eigenvalue weighted by molar-refractivity contribution is 5.89. The summed E-state index contributed by atoms with van der Waals surface area (Å²) < 4.78 is 7.08. The van der Waals surface area contributed by atoms with E-state index in [1.165, 1.54) is 0 Å². The van der Waals surface area contributed by atoms with E-state index in [-0.39, 0.29) is 12.1 Å². The number of nitrogens with one attached hydrogen (secondary N) is 2. The van der Waals surface area contributed by atoms with Crippen LogP contribution in [0.15, 0.2) is 36.4 Å². The number of hydrogen-bond acceptors (Lipinski definition) is 3. The van der Waals surface area contributed by atoms with Crippen molar-refractivity contribution in [2.45, 2.75) is 26.4 Å². The van der Waals surface area contributed by atoms with Gasteiger partial charge < -0.3 is 10.1 Å². The minimum Gasteiger partial charge on any atom is -0.379 e. The van der Waals surface area contributed by atoms with Crippen molar-refractivity contribution in [3.8, 4) is 11.3 Å². The number of rotatable bonds is 7. The third-order valence-corrected chi connectivity index (χ3v) is 3.25. The van der Waals surface area contributed by atoms with Crippen molar-refractivity contribution in [3.05, 3.63) is 36.4 Å². The maximum Gasteiger partial charge on any atom is 0.320 e. The maximum absolute atomic E-state index is 11.9. The molecule has 0 spiro atoms. The van der Waals surface area contributed by atoms with Gasteiger partial charge in [0.2, 0.25) is 0 Å². The van der Waals surface area contributed by atoms with Crippen molar-refractivity contribution < 1.29 is 9.53 Å². The van der Waals surface area contributed by atoms with Gasteiger partial charge in [-0.05, 0) is 20.3 Å². The van der Waals surface area contributed by atoms with Crippen molar-refractivity contribution >= 4 is 11.8 Å². The predicted octanol–water partition coefficient (Wildman–Crippen LogP) is 3.02. The summed E-state index contributed by atoms with van der Waals surface area (Å²) in [5.41, 5.74) is 1.84. The summed E-state index contributed by atoms with van der Waals surface area (Å²) in [7, 11) is 1.80. The molecule has 0 saturated carbocycles. The SMILES string of the molecule is CC(C)OCCCNC(=O)Nc1cc(-c2ccccc2)nn1C. The normalized spacial score (nSPS) is 10.8. The molecule has 2 N–H and O–H groups in total. The van der Waals surface area contributed by atoms with Crippen LogP contribution in [-0.2, 0) is 11.8 Å². The van der Waals surface area contributed by atoms with Gasteiger partial charge in [0.05, 0.1) is 11.8 Å². The van der Waals surface area contributed by atoms with Gasteiger partial charge in [0.1, 0.15) is 5.82 Å². The molecule has 0 saturated heterocycles. The number of hydrogen-bond donors (Lipinski definition) is 2. The quantitative estimate of drug-likeness (QED) is 0.772. The summed E-state index contributed by atoms with van der Waals surface area (Å²) >= 11 is 0. The first kappa shape index (κ1) is 17.0. The van der Waals surface area contributed by atoms with Crippen LogP contribution < -0.4 is 10.6 Å². The fraction of sp³-hybridized carbons (Fsp3) is 0.412. The Balaban J connectivity index is 1.83. The van der Waals surface area contributed by atoms with Gasteiger partial charge in [-0.15, -0.1) is 0 Å². The Kier molecular flexibility index (Phi) is 6.17. The van der Waals surface area contributed by atoms with Gasteiger partial charge in [0.25, 0.3) is 0 Å². The summed E-state index contributed by atoms with van der Waals surface area (Å²) in [6, 6.07) is 11.5. The zero-order valence-corrected chi connectivity index (χ0v) is 13.9. The molecule has 0 atom stereocenters. The number of carbonyl (C=O) groups is 1. The van der Waals surface area contributed by atoms with Crippen LogP contribution in [0, 0.1) is 0 Å². The monoisotopic (exact) mass is 316 g/mol. The minimum absolute atomic E-state index is 0.217. The van der Waals surface area contributed by atoms with Crippen molar-refractivity contribution in [3.63, 3.8) is 0 Å². The molecule has 1 aromatic heterocycles. The lowest BCUT2D eigenvalue weighted by molar-refractivity contribution is 0.0775. The molecule has 23 heavy (non-hydrogen) atoms. The molecule has 0 unspecified atom stereocenters. The molecule has 6 heteroatoms. The second-order valence-corrected chi connectivity index (χ2v) is 5.56. The first-order valence-corrected chi connectivity index (χ1v) is 7.82. The van der Waals surface area contributed by atoms with Crippen molar-refractivity contribution in [2.24, 2.45) is 7.05 Å². The Hall–Kier alpha value is -2.34. The van der Waals surface area contributed by atoms with Gasteiger partial charge in [-0.25, -0.2) is 4.79 Å². The molecule has 6 nitrogen and oxygen atoms in total. The highest BCUT2D eigenvalue weighted by Crippen LogP contribution is 2.20. The molecule has 2 aromatic rings. The Morgan fingerprint density at radius 2 is 2.04 bits per heavy atom. The number of carbonyl (C=O) groups excluding carboxylic acids is 1. The zero-order chi connectivity index (χ0) is 16.7. The summed E-state index contributed by atoms with van der Waals surface area (Å²) in [6.07, 6.45) is 1.00. The first-order chi connectivity index (χ1) is 11.1. The maximum atomic E-state index is 11.9. The van der Waals surface area contributed by atoms with E-state index >= 15 is 0 Å². The van der Waals surface area contributed by atoms with Crippen LogP contribution in [0.3, 0.4) is 0 Å². The van der Waals surface area contributed by atoms with Gasteiger partial charge in [-0.1, -0.05) is 30.3 Å². The summed E-state index contributed by atoms with van der Waals surface area (Å²) in [4.78, 5) is 11.9. The Morgan fingerprint density at radius 3 is 2.74 bits per heavy atom. The van der Waals surface area contributed by atoms with E-state index < -0.39 is 0 Å². The zero-order valence-electron chi connectivity index (χ0n) is 13.9. The molecule has 1 heterocycles. The molecule has 0 bridgehead atoms. The number of nitrogens with zero attached hydrogens (tertiary/aromatic N) is 2. The van der Waals surface area contributed by atoms with Crippen molar-refractivity contribution in [1.82, 2.24) is 15.1 Å². The van der Waals surface area contributed by atoms with Crippen LogP contribution in [0.2, 0.25) is 0 Å². The van der Waals surface area contributed by atoms with Gasteiger partial charge in [0.15, 0.2) is 0 Å². The molecular weight excluding hydrogens is 292 g/mol. The Morgan fingerprint density at radius 1 is 1.30 bits per heavy atom. The van der Waals surface area contributed by atoms with E-state index in [2.05, 4.69) is 15.7 Å². The topological polar surface area (TPSA) is 68.2 Å². The molecule has 0 aliphatic rings. The molecule has 2 amide bonds. The molecule has 1 aromatic carbocycles. The van der Waals surface area contributed by atoms with Gasteiger partial charge >= 0.3 is 6.03 Å². The molecule has 124 valence electrons. The van der Waals surface area contributed by atoms with Crippen LogP contribution in [0.1, 0.15) is 20.3 Å². The van der Waals surface area contributed by atoms with E-state index in [9.17, 15) is 4.79 Å². The largest absolute Gasteiger partial charge is 0.379 e. The van der Waals surface area contributed by atoms with E-state index in [1.807, 2.05) is 50.2 Å². The predicted molar refractivity (Wildman–Crippen MR) is 91.4 cm³/mol. The first-order valence-electron chi connectivity index (χ1n) is 7.82. The molecule has 2 rings (SSSR count). The standard InChI is InChI=1S/C17H24N4O2/c1-13(2)23-11-7-10-18-17(22)19-16-12-15(20-21(16)3)14-8-5-4-6-9-14/h4-6,8-9,12-13H,7,10-11H2,1-3H3,(H2,18,19,22). The number of anilines is 1. The second kappa shape index (κ2) is 8.33. The third kappa shape index (κ3) is 5.41. The van der Waals surface area contributed by atoms with Gasteiger partial charge in [-0.3, -0.25) is 10.00 Å². The lowest BCUT2D eigenvalue weighted by Crippen LogP contribution is -2.30. The fourth-order valence-corrected chi connectivity index (χ4v) is 2.09. The average molecular weight is 316 g/mol. The van der Waals surface area contributed by atoms with Crippen LogP contribution in [0.25, 0.3) is 11.3 Å². The van der Waals surface area contributed by atoms with E-state index in [0.29, 0.717) is 19.0 Å². The fourth-order valence-electron chi connectivity index (χ4n) is 2.09. The van der Waals surface area contributed by atoms with Gasteiger partial charge in [0, 0.05) is 31.8 Å². The van der Waals surface area contributed by atoms with Crippen LogP contribution in [0.4, 0.5) is 10.6 Å². The van der Waals surface area contributed by atoms with E-state index in [4.69, 9.17) is 4.74 Å². The Labute approximate surface area is 136 Å². The van der Waals surface area contributed by atoms with Crippen LogP contribution in [-0.4, -0.2) is 35.1 Å². The third-order valence-electron chi connectivity index (χ3n) is 3.25. The molecule has 0 aliphatic heterocycles. The van der Waals surface area contributed by atoms with Crippen LogP contribution >= 0.6 is 0 Å². The molecular formula is C17H24N4O2. The summed E-state index contributed by atoms with van der Waals surface area (Å²) in [5.74, 6) is 0.653. The second-order valence-electron chi connectivity index (χ2n) is 5.56. The number of benzene rings is 1. The minimum atomic E-state index is -0.239. The highest BCUT2D eigenvalue weighted by Gasteiger charge is 2.09. The number of ether oxygens (including phenoxy) is 1. The Bertz CT molecular complexity index is 623. The number of urea groups is 1. The smallest absolute Gasteiger partial charge is 0.320 e. The number of aryl methyl sites for hydroxylation is 1. The molecule has 0 radical (unpaired) electrons. The van der Waals surface area contributed by atoms with E-state index in [0.717, 1.165) is 17.7 Å². The molecule has 0 aliphatic carbocycles. The lowest BCUT2D eigenvalue weighted by Gasteiger charge is -2.09. The lowest BCUT2D eigenvalue weighted by atomic mass is 10.2.